The molecule has 0 saturated carbocycles. The van der Waals surface area contributed by atoms with E-state index in [1.165, 1.54) is 6.07 Å². The van der Waals surface area contributed by atoms with Gasteiger partial charge in [-0.25, -0.2) is 13.8 Å². The Morgan fingerprint density at radius 2 is 2.05 bits per heavy atom. The number of nitrogens with one attached hydrogen (secondary N) is 2. The third-order valence-electron chi connectivity index (χ3n) is 3.25. The zero-order chi connectivity index (χ0) is 14.3. The van der Waals surface area contributed by atoms with E-state index in [4.69, 9.17) is 5.11 Å². The summed E-state index contributed by atoms with van der Waals surface area (Å²) in [6, 6.07) is 2.57. The standard InChI is InChI=1S/C13H11F2N3O2/c14-6-2-1-3-7(15)9(6)12-17-8-4-5-16-11(13(19)20)10(8)18-12/h1-3,11,16H,4-5H2,(H,17,18)(H,19,20). The van der Waals surface area contributed by atoms with Crippen molar-refractivity contribution in [3.8, 4) is 11.4 Å². The highest BCUT2D eigenvalue weighted by Crippen LogP contribution is 2.28. The summed E-state index contributed by atoms with van der Waals surface area (Å²) in [7, 11) is 0. The molecular formula is C13H11F2N3O2. The summed E-state index contributed by atoms with van der Waals surface area (Å²) in [5.74, 6) is -2.54. The van der Waals surface area contributed by atoms with E-state index in [1.54, 1.807) is 0 Å². The van der Waals surface area contributed by atoms with Crippen molar-refractivity contribution in [2.45, 2.75) is 12.5 Å². The maximum atomic E-state index is 13.7. The van der Waals surface area contributed by atoms with E-state index in [-0.39, 0.29) is 17.1 Å². The second-order valence-corrected chi connectivity index (χ2v) is 4.52. The number of hydrogen-bond acceptors (Lipinski definition) is 3. The highest BCUT2D eigenvalue weighted by atomic mass is 19.1. The van der Waals surface area contributed by atoms with Crippen LogP contribution >= 0.6 is 0 Å². The molecule has 2 aromatic rings. The van der Waals surface area contributed by atoms with Crippen molar-refractivity contribution < 1.29 is 18.7 Å². The molecule has 0 radical (unpaired) electrons. The Balaban J connectivity index is 2.12. The minimum Gasteiger partial charge on any atom is -0.480 e. The third-order valence-corrected chi connectivity index (χ3v) is 3.25. The predicted octanol–water partition coefficient (Wildman–Crippen LogP) is 1.63. The van der Waals surface area contributed by atoms with Crippen LogP contribution in [0, 0.1) is 11.6 Å². The Bertz CT molecular complexity index is 664. The van der Waals surface area contributed by atoms with Crippen LogP contribution in [0.1, 0.15) is 17.4 Å². The normalized spacial score (nSPS) is 17.8. The fourth-order valence-electron chi connectivity index (χ4n) is 2.34. The van der Waals surface area contributed by atoms with Gasteiger partial charge in [-0.15, -0.1) is 0 Å². The highest BCUT2D eigenvalue weighted by molar-refractivity contribution is 5.76. The fourth-order valence-corrected chi connectivity index (χ4v) is 2.34. The molecule has 2 heterocycles. The zero-order valence-corrected chi connectivity index (χ0v) is 10.3. The number of fused-ring (bicyclic) bond motifs is 1. The Morgan fingerprint density at radius 3 is 2.70 bits per heavy atom. The quantitative estimate of drug-likeness (QED) is 0.780. The number of hydrogen-bond donors (Lipinski definition) is 3. The van der Waals surface area contributed by atoms with Gasteiger partial charge in [0.2, 0.25) is 0 Å². The number of imidazole rings is 1. The van der Waals surface area contributed by atoms with Gasteiger partial charge in [-0.2, -0.15) is 0 Å². The van der Waals surface area contributed by atoms with E-state index in [0.717, 1.165) is 12.1 Å². The molecule has 0 saturated heterocycles. The molecule has 1 aliphatic rings. The summed E-state index contributed by atoms with van der Waals surface area (Å²) in [6.45, 7) is 0.464. The molecule has 0 aliphatic carbocycles. The molecular weight excluding hydrogens is 268 g/mol. The van der Waals surface area contributed by atoms with Crippen LogP contribution in [0.3, 0.4) is 0 Å². The molecule has 1 aliphatic heterocycles. The molecule has 1 atom stereocenters. The number of H-pyrrole nitrogens is 1. The maximum absolute atomic E-state index is 13.7. The lowest BCUT2D eigenvalue weighted by molar-refractivity contribution is -0.139. The van der Waals surface area contributed by atoms with E-state index in [1.807, 2.05) is 0 Å². The first-order valence-corrected chi connectivity index (χ1v) is 6.07. The number of carboxylic acids is 1. The van der Waals surface area contributed by atoms with Gasteiger partial charge in [0.25, 0.3) is 0 Å². The predicted molar refractivity (Wildman–Crippen MR) is 66.0 cm³/mol. The van der Waals surface area contributed by atoms with Gasteiger partial charge >= 0.3 is 5.97 Å². The van der Waals surface area contributed by atoms with E-state index in [9.17, 15) is 13.6 Å². The number of benzene rings is 1. The molecule has 0 fully saturated rings. The molecule has 0 spiro atoms. The second kappa shape index (κ2) is 4.68. The molecule has 1 unspecified atom stereocenters. The van der Waals surface area contributed by atoms with Gasteiger partial charge in [0, 0.05) is 18.7 Å². The van der Waals surface area contributed by atoms with Crippen LogP contribution in [0.15, 0.2) is 18.2 Å². The van der Waals surface area contributed by atoms with Crippen LogP contribution in [-0.2, 0) is 11.2 Å². The Morgan fingerprint density at radius 1 is 1.35 bits per heavy atom. The SMILES string of the molecule is O=C(O)C1NCCc2[nH]c(-c3c(F)cccc3F)nc21. The second-order valence-electron chi connectivity index (χ2n) is 4.52. The lowest BCUT2D eigenvalue weighted by Crippen LogP contribution is -2.35. The average Bonchev–Trinajstić information content (AvgIpc) is 2.81. The van der Waals surface area contributed by atoms with Crippen LogP contribution in [0.4, 0.5) is 8.78 Å². The molecule has 7 heteroatoms. The Labute approximate surface area is 112 Å². The van der Waals surface area contributed by atoms with Crippen molar-refractivity contribution >= 4 is 5.97 Å². The average molecular weight is 279 g/mol. The number of halogens is 2. The first-order chi connectivity index (χ1) is 9.58. The maximum Gasteiger partial charge on any atom is 0.327 e. The minimum absolute atomic E-state index is 0.0144. The van der Waals surface area contributed by atoms with Gasteiger partial charge in [-0.05, 0) is 12.1 Å². The number of aromatic nitrogens is 2. The van der Waals surface area contributed by atoms with Crippen LogP contribution < -0.4 is 5.32 Å². The number of rotatable bonds is 2. The third kappa shape index (κ3) is 1.96. The first kappa shape index (κ1) is 12.7. The number of aliphatic carboxylic acids is 1. The minimum atomic E-state index is -1.07. The van der Waals surface area contributed by atoms with E-state index < -0.39 is 23.6 Å². The van der Waals surface area contributed by atoms with Crippen LogP contribution in [0.5, 0.6) is 0 Å². The molecule has 104 valence electrons. The monoisotopic (exact) mass is 279 g/mol. The van der Waals surface area contributed by atoms with Gasteiger partial charge < -0.3 is 10.1 Å². The summed E-state index contributed by atoms with van der Waals surface area (Å²) in [5, 5.41) is 11.9. The van der Waals surface area contributed by atoms with Crippen LogP contribution in [0.25, 0.3) is 11.4 Å². The molecule has 5 nitrogen and oxygen atoms in total. The van der Waals surface area contributed by atoms with Crippen molar-refractivity contribution in [2.75, 3.05) is 6.54 Å². The smallest absolute Gasteiger partial charge is 0.327 e. The van der Waals surface area contributed by atoms with Crippen molar-refractivity contribution in [3.05, 3.63) is 41.2 Å². The topological polar surface area (TPSA) is 78.0 Å². The number of aromatic amines is 1. The largest absolute Gasteiger partial charge is 0.480 e. The molecule has 0 amide bonds. The zero-order valence-electron chi connectivity index (χ0n) is 10.3. The van der Waals surface area contributed by atoms with Gasteiger partial charge in [0.05, 0.1) is 11.3 Å². The summed E-state index contributed by atoms with van der Waals surface area (Å²) < 4.78 is 27.4. The number of carboxylic acid groups (broad SMARTS) is 1. The number of carbonyl (C=O) groups is 1. The van der Waals surface area contributed by atoms with E-state index in [2.05, 4.69) is 15.3 Å². The highest BCUT2D eigenvalue weighted by Gasteiger charge is 2.30. The molecule has 20 heavy (non-hydrogen) atoms. The molecule has 0 bridgehead atoms. The molecule has 3 rings (SSSR count). The lowest BCUT2D eigenvalue weighted by Gasteiger charge is -2.18. The van der Waals surface area contributed by atoms with Gasteiger partial charge in [0.15, 0.2) is 6.04 Å². The Kier molecular flexibility index (Phi) is 2.98. The van der Waals surface area contributed by atoms with Gasteiger partial charge in [-0.1, -0.05) is 6.07 Å². The van der Waals surface area contributed by atoms with Crippen LogP contribution in [0.2, 0.25) is 0 Å². The van der Waals surface area contributed by atoms with Gasteiger partial charge in [-0.3, -0.25) is 10.1 Å². The lowest BCUT2D eigenvalue weighted by atomic mass is 10.1. The summed E-state index contributed by atoms with van der Waals surface area (Å²) in [6.07, 6.45) is 0.530. The first-order valence-electron chi connectivity index (χ1n) is 6.07. The number of nitrogens with zero attached hydrogens (tertiary/aromatic N) is 1. The fraction of sp³-hybridized carbons (Fsp3) is 0.231. The summed E-state index contributed by atoms with van der Waals surface area (Å²) in [4.78, 5) is 18.0. The molecule has 3 N–H and O–H groups in total. The molecule has 1 aromatic heterocycles. The summed E-state index contributed by atoms with van der Waals surface area (Å²) >= 11 is 0. The van der Waals surface area contributed by atoms with E-state index in [0.29, 0.717) is 18.7 Å². The Hall–Kier alpha value is -2.28. The van der Waals surface area contributed by atoms with Crippen molar-refractivity contribution in [1.82, 2.24) is 15.3 Å². The summed E-state index contributed by atoms with van der Waals surface area (Å²) in [5.41, 5.74) is 0.598. The van der Waals surface area contributed by atoms with Crippen LogP contribution in [-0.4, -0.2) is 27.6 Å². The molecule has 1 aromatic carbocycles. The van der Waals surface area contributed by atoms with Crippen molar-refractivity contribution in [3.63, 3.8) is 0 Å². The van der Waals surface area contributed by atoms with Crippen molar-refractivity contribution in [2.24, 2.45) is 0 Å². The van der Waals surface area contributed by atoms with Crippen molar-refractivity contribution in [1.29, 1.82) is 0 Å². The van der Waals surface area contributed by atoms with E-state index >= 15 is 0 Å². The van der Waals surface area contributed by atoms with Gasteiger partial charge in [0.1, 0.15) is 17.5 Å².